The molecule has 1 unspecified atom stereocenters. The lowest BCUT2D eigenvalue weighted by atomic mass is 10.3. The van der Waals surface area contributed by atoms with Gasteiger partial charge in [0.2, 0.25) is 0 Å². The minimum absolute atomic E-state index is 0.346. The predicted molar refractivity (Wildman–Crippen MR) is 64.0 cm³/mol. The summed E-state index contributed by atoms with van der Waals surface area (Å²) in [4.78, 5) is 0. The van der Waals surface area contributed by atoms with Gasteiger partial charge in [-0.2, -0.15) is 0 Å². The highest BCUT2D eigenvalue weighted by Crippen LogP contribution is 1.90. The topological polar surface area (TPSA) is 41.5 Å². The molecule has 0 bridgehead atoms. The Morgan fingerprint density at radius 3 is 2.86 bits per heavy atom. The van der Waals surface area contributed by atoms with Crippen LogP contribution in [0.2, 0.25) is 6.04 Å². The summed E-state index contributed by atoms with van der Waals surface area (Å²) in [7, 11) is 1.28. The molecule has 0 spiro atoms. The SMILES string of the molecule is CCCCOCC(O)CNCCC[SiH3]. The Bertz CT molecular complexity index is 102. The van der Waals surface area contributed by atoms with E-state index >= 15 is 0 Å². The van der Waals surface area contributed by atoms with Gasteiger partial charge in [0.05, 0.1) is 12.7 Å². The quantitative estimate of drug-likeness (QED) is 0.399. The first-order chi connectivity index (χ1) is 6.81. The molecule has 0 heterocycles. The molecule has 0 amide bonds. The van der Waals surface area contributed by atoms with E-state index < -0.39 is 0 Å². The van der Waals surface area contributed by atoms with Crippen molar-refractivity contribution in [2.75, 3.05) is 26.3 Å². The minimum atomic E-state index is -0.346. The van der Waals surface area contributed by atoms with Gasteiger partial charge in [0, 0.05) is 23.4 Å². The zero-order valence-electron chi connectivity index (χ0n) is 9.59. The Hall–Kier alpha value is 0.0969. The second kappa shape index (κ2) is 11.2. The average molecular weight is 219 g/mol. The molecule has 0 aromatic rings. The van der Waals surface area contributed by atoms with Crippen LogP contribution >= 0.6 is 0 Å². The summed E-state index contributed by atoms with van der Waals surface area (Å²) in [6, 6.07) is 1.33. The molecule has 0 aromatic heterocycles. The maximum Gasteiger partial charge on any atom is 0.0897 e. The van der Waals surface area contributed by atoms with Crippen LogP contribution < -0.4 is 5.32 Å². The van der Waals surface area contributed by atoms with E-state index in [2.05, 4.69) is 12.2 Å². The van der Waals surface area contributed by atoms with Crippen molar-refractivity contribution in [1.29, 1.82) is 0 Å². The molecule has 4 heteroatoms. The van der Waals surface area contributed by atoms with Crippen molar-refractivity contribution in [3.63, 3.8) is 0 Å². The second-order valence-corrected chi connectivity index (χ2v) is 4.64. The van der Waals surface area contributed by atoms with Crippen molar-refractivity contribution < 1.29 is 9.84 Å². The van der Waals surface area contributed by atoms with Crippen molar-refractivity contribution in [3.8, 4) is 0 Å². The number of rotatable bonds is 10. The van der Waals surface area contributed by atoms with Crippen LogP contribution in [0.4, 0.5) is 0 Å². The van der Waals surface area contributed by atoms with Crippen LogP contribution in [0.15, 0.2) is 0 Å². The molecule has 0 aromatic carbocycles. The second-order valence-electron chi connectivity index (χ2n) is 3.64. The number of hydrogen-bond donors (Lipinski definition) is 2. The maximum absolute atomic E-state index is 9.47. The molecule has 0 aliphatic heterocycles. The molecular formula is C10H25NO2Si. The zero-order valence-corrected chi connectivity index (χ0v) is 11.6. The number of aliphatic hydroxyl groups excluding tert-OH is 1. The maximum atomic E-state index is 9.47. The Labute approximate surface area is 90.7 Å². The van der Waals surface area contributed by atoms with Crippen LogP contribution in [0.3, 0.4) is 0 Å². The van der Waals surface area contributed by atoms with E-state index in [-0.39, 0.29) is 6.10 Å². The van der Waals surface area contributed by atoms with Gasteiger partial charge in [-0.25, -0.2) is 0 Å². The van der Waals surface area contributed by atoms with Gasteiger partial charge in [0.1, 0.15) is 0 Å². The predicted octanol–water partition coefficient (Wildman–Crippen LogP) is -0.0726. The molecule has 1 atom stereocenters. The smallest absolute Gasteiger partial charge is 0.0897 e. The third kappa shape index (κ3) is 10.2. The van der Waals surface area contributed by atoms with Gasteiger partial charge in [-0.05, 0) is 19.4 Å². The van der Waals surface area contributed by atoms with Crippen LogP contribution in [0.1, 0.15) is 26.2 Å². The summed E-state index contributed by atoms with van der Waals surface area (Å²) in [5, 5.41) is 12.7. The van der Waals surface area contributed by atoms with Crippen molar-refractivity contribution in [3.05, 3.63) is 0 Å². The number of nitrogens with one attached hydrogen (secondary N) is 1. The monoisotopic (exact) mass is 219 g/mol. The molecule has 0 aliphatic rings. The normalized spacial score (nSPS) is 13.3. The molecular weight excluding hydrogens is 194 g/mol. The number of hydrogen-bond acceptors (Lipinski definition) is 3. The first kappa shape index (κ1) is 14.1. The highest BCUT2D eigenvalue weighted by molar-refractivity contribution is 6.08. The summed E-state index contributed by atoms with van der Waals surface area (Å²) in [5.41, 5.74) is 0. The van der Waals surface area contributed by atoms with E-state index in [1.54, 1.807) is 0 Å². The first-order valence-corrected chi connectivity index (χ1v) is 7.19. The lowest BCUT2D eigenvalue weighted by molar-refractivity contribution is 0.0360. The van der Waals surface area contributed by atoms with Crippen LogP contribution in [-0.2, 0) is 4.74 Å². The summed E-state index contributed by atoms with van der Waals surface area (Å²) in [5.74, 6) is 0. The lowest BCUT2D eigenvalue weighted by Crippen LogP contribution is -2.31. The summed E-state index contributed by atoms with van der Waals surface area (Å²) >= 11 is 0. The molecule has 0 rings (SSSR count). The molecule has 0 radical (unpaired) electrons. The standard InChI is InChI=1S/C10H25NO2Si/c1-2-3-6-13-9-10(12)8-11-5-4-7-14/h10-12H,2-9H2,1,14H3. The fraction of sp³-hybridized carbons (Fsp3) is 1.00. The van der Waals surface area contributed by atoms with Crippen molar-refractivity contribution >= 4 is 10.2 Å². The minimum Gasteiger partial charge on any atom is -0.389 e. The van der Waals surface area contributed by atoms with E-state index in [0.717, 1.165) is 26.0 Å². The van der Waals surface area contributed by atoms with Gasteiger partial charge < -0.3 is 15.2 Å². The Balaban J connectivity index is 3.07. The molecule has 3 nitrogen and oxygen atoms in total. The lowest BCUT2D eigenvalue weighted by Gasteiger charge is -2.11. The molecule has 0 saturated heterocycles. The van der Waals surface area contributed by atoms with Gasteiger partial charge in [0.25, 0.3) is 0 Å². The van der Waals surface area contributed by atoms with Crippen LogP contribution in [0.5, 0.6) is 0 Å². The van der Waals surface area contributed by atoms with Crippen molar-refractivity contribution in [2.24, 2.45) is 0 Å². The zero-order chi connectivity index (χ0) is 10.6. The molecule has 2 N–H and O–H groups in total. The third-order valence-electron chi connectivity index (χ3n) is 2.04. The Morgan fingerprint density at radius 1 is 1.43 bits per heavy atom. The van der Waals surface area contributed by atoms with E-state index in [1.807, 2.05) is 0 Å². The Morgan fingerprint density at radius 2 is 2.21 bits per heavy atom. The molecule has 0 fully saturated rings. The van der Waals surface area contributed by atoms with Gasteiger partial charge in [0.15, 0.2) is 0 Å². The first-order valence-electron chi connectivity index (χ1n) is 5.77. The molecule has 0 aliphatic carbocycles. The van der Waals surface area contributed by atoms with Gasteiger partial charge >= 0.3 is 0 Å². The summed E-state index contributed by atoms with van der Waals surface area (Å²) < 4.78 is 5.31. The average Bonchev–Trinajstić information content (AvgIpc) is 2.19. The van der Waals surface area contributed by atoms with Crippen LogP contribution in [0.25, 0.3) is 0 Å². The largest absolute Gasteiger partial charge is 0.389 e. The van der Waals surface area contributed by atoms with Crippen molar-refractivity contribution in [2.45, 2.75) is 38.3 Å². The molecule has 14 heavy (non-hydrogen) atoms. The van der Waals surface area contributed by atoms with Crippen molar-refractivity contribution in [1.82, 2.24) is 5.32 Å². The van der Waals surface area contributed by atoms with E-state index in [0.29, 0.717) is 13.2 Å². The van der Waals surface area contributed by atoms with Gasteiger partial charge in [-0.3, -0.25) is 0 Å². The van der Waals surface area contributed by atoms with E-state index in [9.17, 15) is 5.11 Å². The van der Waals surface area contributed by atoms with E-state index in [4.69, 9.17) is 4.74 Å². The van der Waals surface area contributed by atoms with Gasteiger partial charge in [-0.15, -0.1) is 0 Å². The third-order valence-corrected chi connectivity index (χ3v) is 2.75. The number of unbranched alkanes of at least 4 members (excludes halogenated alkanes) is 1. The fourth-order valence-electron chi connectivity index (χ4n) is 1.10. The van der Waals surface area contributed by atoms with E-state index in [1.165, 1.54) is 22.7 Å². The molecule has 0 saturated carbocycles. The summed E-state index contributed by atoms with van der Waals surface area (Å²) in [6.07, 6.45) is 3.12. The Kier molecular flexibility index (Phi) is 11.3. The number of aliphatic hydroxyl groups is 1. The van der Waals surface area contributed by atoms with Crippen LogP contribution in [0, 0.1) is 0 Å². The van der Waals surface area contributed by atoms with Gasteiger partial charge in [-0.1, -0.05) is 19.4 Å². The van der Waals surface area contributed by atoms with Crippen LogP contribution in [-0.4, -0.2) is 47.8 Å². The molecule has 86 valence electrons. The number of ether oxygens (including phenoxy) is 1. The highest BCUT2D eigenvalue weighted by Gasteiger charge is 2.02. The highest BCUT2D eigenvalue weighted by atomic mass is 28.1. The summed E-state index contributed by atoms with van der Waals surface area (Å²) in [6.45, 7) is 5.06. The fourth-order valence-corrected chi connectivity index (χ4v) is 1.45.